The van der Waals surface area contributed by atoms with E-state index in [-0.39, 0.29) is 11.8 Å². The zero-order valence-electron chi connectivity index (χ0n) is 14.1. The molecule has 2 aromatic carbocycles. The second kappa shape index (κ2) is 8.15. The topological polar surface area (TPSA) is 67.4 Å². The van der Waals surface area contributed by atoms with Gasteiger partial charge in [-0.15, -0.1) is 0 Å². The Hall–Kier alpha value is -2.82. The van der Waals surface area contributed by atoms with Gasteiger partial charge >= 0.3 is 0 Å². The lowest BCUT2D eigenvalue weighted by Gasteiger charge is -2.16. The molecule has 0 heterocycles. The van der Waals surface area contributed by atoms with Crippen LogP contribution in [0.15, 0.2) is 48.5 Å². The van der Waals surface area contributed by atoms with Gasteiger partial charge in [-0.2, -0.15) is 0 Å². The number of amides is 2. The first-order chi connectivity index (χ1) is 11.5. The van der Waals surface area contributed by atoms with Crippen LogP contribution >= 0.6 is 0 Å². The molecule has 0 saturated heterocycles. The van der Waals surface area contributed by atoms with Gasteiger partial charge in [-0.05, 0) is 49.7 Å². The molecule has 126 valence electrons. The Labute approximate surface area is 142 Å². The van der Waals surface area contributed by atoms with E-state index in [4.69, 9.17) is 4.74 Å². The molecular weight excluding hydrogens is 304 g/mol. The van der Waals surface area contributed by atoms with Gasteiger partial charge in [-0.3, -0.25) is 9.59 Å². The molecule has 0 fully saturated rings. The number of hydrogen-bond acceptors (Lipinski definition) is 3. The fourth-order valence-electron chi connectivity index (χ4n) is 2.06. The fourth-order valence-corrected chi connectivity index (χ4v) is 2.06. The molecule has 1 unspecified atom stereocenters. The second-order valence-corrected chi connectivity index (χ2v) is 5.49. The molecule has 2 aromatic rings. The number of anilines is 2. The van der Waals surface area contributed by atoms with Crippen LogP contribution < -0.4 is 15.4 Å². The summed E-state index contributed by atoms with van der Waals surface area (Å²) in [5.41, 5.74) is 2.33. The summed E-state index contributed by atoms with van der Waals surface area (Å²) in [5.74, 6) is 0.411. The Morgan fingerprint density at radius 1 is 1.00 bits per heavy atom. The van der Waals surface area contributed by atoms with Crippen LogP contribution in [0.5, 0.6) is 5.75 Å². The molecule has 0 aromatic heterocycles. The molecule has 0 bridgehead atoms. The van der Waals surface area contributed by atoms with E-state index in [0.717, 1.165) is 5.56 Å². The molecule has 5 nitrogen and oxygen atoms in total. The molecule has 0 aliphatic carbocycles. The predicted octanol–water partition coefficient (Wildman–Crippen LogP) is 3.75. The van der Waals surface area contributed by atoms with Crippen molar-refractivity contribution in [3.63, 3.8) is 0 Å². The van der Waals surface area contributed by atoms with Crippen molar-refractivity contribution in [3.8, 4) is 5.75 Å². The summed E-state index contributed by atoms with van der Waals surface area (Å²) in [6.07, 6.45) is -0.197. The molecule has 2 amide bonds. The van der Waals surface area contributed by atoms with Gasteiger partial charge in [0.25, 0.3) is 5.91 Å². The second-order valence-electron chi connectivity index (χ2n) is 5.49. The quantitative estimate of drug-likeness (QED) is 0.849. The van der Waals surface area contributed by atoms with Crippen molar-refractivity contribution in [2.75, 3.05) is 10.6 Å². The van der Waals surface area contributed by atoms with E-state index < -0.39 is 6.10 Å². The van der Waals surface area contributed by atoms with Crippen molar-refractivity contribution < 1.29 is 14.3 Å². The molecule has 0 radical (unpaired) electrons. The third-order valence-electron chi connectivity index (χ3n) is 3.52. The number of benzene rings is 2. The van der Waals surface area contributed by atoms with Crippen LogP contribution in [0.3, 0.4) is 0 Å². The van der Waals surface area contributed by atoms with Gasteiger partial charge in [0, 0.05) is 17.8 Å². The van der Waals surface area contributed by atoms with Gasteiger partial charge < -0.3 is 15.4 Å². The van der Waals surface area contributed by atoms with Crippen LogP contribution in [-0.2, 0) is 9.59 Å². The summed E-state index contributed by atoms with van der Waals surface area (Å²) >= 11 is 0. The molecular formula is C19H22N2O3. The number of carbonyl (C=O) groups is 2. The lowest BCUT2D eigenvalue weighted by atomic mass is 10.2. The Bertz CT molecular complexity index is 711. The normalized spacial score (nSPS) is 11.5. The van der Waals surface area contributed by atoms with Crippen LogP contribution in [0.4, 0.5) is 11.4 Å². The maximum Gasteiger partial charge on any atom is 0.265 e. The summed E-state index contributed by atoms with van der Waals surface area (Å²) in [4.78, 5) is 23.6. The highest BCUT2D eigenvalue weighted by Gasteiger charge is 2.15. The molecule has 1 atom stereocenters. The molecule has 2 rings (SSSR count). The Balaban J connectivity index is 1.94. The van der Waals surface area contributed by atoms with Crippen LogP contribution in [-0.4, -0.2) is 17.9 Å². The number of ether oxygens (including phenoxy) is 1. The first-order valence-corrected chi connectivity index (χ1v) is 7.92. The van der Waals surface area contributed by atoms with E-state index in [9.17, 15) is 9.59 Å². The van der Waals surface area contributed by atoms with Gasteiger partial charge in [-0.1, -0.05) is 25.1 Å². The lowest BCUT2D eigenvalue weighted by Crippen LogP contribution is -2.30. The predicted molar refractivity (Wildman–Crippen MR) is 95.3 cm³/mol. The largest absolute Gasteiger partial charge is 0.481 e. The fraction of sp³-hybridized carbons (Fsp3) is 0.263. The molecule has 2 N–H and O–H groups in total. The molecule has 0 aliphatic rings. The average molecular weight is 326 g/mol. The van der Waals surface area contributed by atoms with E-state index >= 15 is 0 Å². The summed E-state index contributed by atoms with van der Waals surface area (Å²) < 4.78 is 5.70. The number of nitrogens with one attached hydrogen (secondary N) is 2. The number of hydrogen-bond donors (Lipinski definition) is 2. The van der Waals surface area contributed by atoms with Gasteiger partial charge in [0.2, 0.25) is 5.91 Å². The molecule has 0 saturated carbocycles. The van der Waals surface area contributed by atoms with Crippen molar-refractivity contribution >= 4 is 23.2 Å². The summed E-state index contributed by atoms with van der Waals surface area (Å²) in [7, 11) is 0. The van der Waals surface area contributed by atoms with Gasteiger partial charge in [0.1, 0.15) is 5.75 Å². The van der Waals surface area contributed by atoms with Crippen molar-refractivity contribution in [1.29, 1.82) is 0 Å². The number of carbonyl (C=O) groups excluding carboxylic acids is 2. The lowest BCUT2D eigenvalue weighted by molar-refractivity contribution is -0.122. The Morgan fingerprint density at radius 2 is 1.58 bits per heavy atom. The molecule has 5 heteroatoms. The van der Waals surface area contributed by atoms with E-state index in [1.807, 2.05) is 31.2 Å². The highest BCUT2D eigenvalue weighted by molar-refractivity contribution is 5.95. The highest BCUT2D eigenvalue weighted by atomic mass is 16.5. The maximum atomic E-state index is 12.2. The molecule has 24 heavy (non-hydrogen) atoms. The number of para-hydroxylation sites is 1. The Morgan fingerprint density at radius 3 is 2.17 bits per heavy atom. The first kappa shape index (κ1) is 17.5. The van der Waals surface area contributed by atoms with Crippen LogP contribution in [0.25, 0.3) is 0 Å². The van der Waals surface area contributed by atoms with E-state index in [1.54, 1.807) is 38.1 Å². The minimum absolute atomic E-state index is 0.0490. The van der Waals surface area contributed by atoms with Crippen molar-refractivity contribution in [1.82, 2.24) is 0 Å². The highest BCUT2D eigenvalue weighted by Crippen LogP contribution is 2.19. The SMILES string of the molecule is CCC(=O)Nc1ccc(NC(=O)C(C)Oc2ccccc2C)cc1. The number of rotatable bonds is 6. The zero-order chi connectivity index (χ0) is 17.5. The van der Waals surface area contributed by atoms with E-state index in [1.165, 1.54) is 0 Å². The first-order valence-electron chi connectivity index (χ1n) is 7.92. The van der Waals surface area contributed by atoms with Crippen LogP contribution in [0.1, 0.15) is 25.8 Å². The maximum absolute atomic E-state index is 12.2. The summed E-state index contributed by atoms with van der Waals surface area (Å²) in [5, 5.41) is 5.56. The minimum atomic E-state index is -0.620. The van der Waals surface area contributed by atoms with Crippen LogP contribution in [0, 0.1) is 6.92 Å². The third-order valence-corrected chi connectivity index (χ3v) is 3.52. The Kier molecular flexibility index (Phi) is 5.95. The molecule has 0 aliphatic heterocycles. The van der Waals surface area contributed by atoms with Gasteiger partial charge in [0.15, 0.2) is 6.10 Å². The summed E-state index contributed by atoms with van der Waals surface area (Å²) in [6, 6.07) is 14.5. The average Bonchev–Trinajstić information content (AvgIpc) is 2.58. The van der Waals surface area contributed by atoms with Gasteiger partial charge in [0.05, 0.1) is 0 Å². The van der Waals surface area contributed by atoms with Crippen LogP contribution in [0.2, 0.25) is 0 Å². The summed E-state index contributed by atoms with van der Waals surface area (Å²) in [6.45, 7) is 5.43. The van der Waals surface area contributed by atoms with Crippen molar-refractivity contribution in [2.45, 2.75) is 33.3 Å². The number of aryl methyl sites for hydroxylation is 1. The minimum Gasteiger partial charge on any atom is -0.481 e. The van der Waals surface area contributed by atoms with Gasteiger partial charge in [-0.25, -0.2) is 0 Å². The zero-order valence-corrected chi connectivity index (χ0v) is 14.1. The van der Waals surface area contributed by atoms with Crippen molar-refractivity contribution in [3.05, 3.63) is 54.1 Å². The standard InChI is InChI=1S/C19H22N2O3/c1-4-18(22)20-15-9-11-16(12-10-15)21-19(23)14(3)24-17-8-6-5-7-13(17)2/h5-12,14H,4H2,1-3H3,(H,20,22)(H,21,23). The molecule has 0 spiro atoms. The van der Waals surface area contributed by atoms with E-state index in [0.29, 0.717) is 23.5 Å². The smallest absolute Gasteiger partial charge is 0.265 e. The van der Waals surface area contributed by atoms with Crippen molar-refractivity contribution in [2.24, 2.45) is 0 Å². The third kappa shape index (κ3) is 4.84. The monoisotopic (exact) mass is 326 g/mol. The van der Waals surface area contributed by atoms with E-state index in [2.05, 4.69) is 10.6 Å².